The van der Waals surface area contributed by atoms with E-state index < -0.39 is 0 Å². The lowest BCUT2D eigenvalue weighted by Crippen LogP contribution is -2.45. The minimum atomic E-state index is 0. The molecule has 126 valence electrons. The molecule has 1 saturated heterocycles. The number of nitrogens with two attached hydrogens (primary N) is 1. The quantitative estimate of drug-likeness (QED) is 0.896. The molecule has 3 heterocycles. The molecule has 2 aromatic heterocycles. The molecule has 2 N–H and O–H groups in total. The summed E-state index contributed by atoms with van der Waals surface area (Å²) in [6.45, 7) is 3.24. The van der Waals surface area contributed by atoms with Gasteiger partial charge in [0.05, 0.1) is 17.5 Å². The van der Waals surface area contributed by atoms with Crippen molar-refractivity contribution in [2.45, 2.75) is 25.8 Å². The number of pyridine rings is 1. The maximum Gasteiger partial charge on any atom is 0.255 e. The largest absolute Gasteiger partial charge is 0.463 e. The third kappa shape index (κ3) is 4.25. The molecular formula is C16H21Cl2N3O2. The summed E-state index contributed by atoms with van der Waals surface area (Å²) >= 11 is 0. The summed E-state index contributed by atoms with van der Waals surface area (Å²) in [6.07, 6.45) is 3.56. The van der Waals surface area contributed by atoms with E-state index in [2.05, 4.69) is 4.98 Å². The van der Waals surface area contributed by atoms with Crippen LogP contribution >= 0.6 is 24.8 Å². The summed E-state index contributed by atoms with van der Waals surface area (Å²) < 4.78 is 5.33. The van der Waals surface area contributed by atoms with Crippen molar-refractivity contribution in [1.82, 2.24) is 9.88 Å². The molecule has 1 unspecified atom stereocenters. The SMILES string of the molecule is Cc1nc(-c2ccco2)ccc1C(=O)N1CCCC(N)C1.Cl.Cl. The van der Waals surface area contributed by atoms with E-state index in [0.29, 0.717) is 23.6 Å². The van der Waals surface area contributed by atoms with Gasteiger partial charge in [-0.05, 0) is 44.0 Å². The highest BCUT2D eigenvalue weighted by Gasteiger charge is 2.24. The highest BCUT2D eigenvalue weighted by molar-refractivity contribution is 5.95. The highest BCUT2D eigenvalue weighted by Crippen LogP contribution is 2.21. The predicted molar refractivity (Wildman–Crippen MR) is 94.3 cm³/mol. The molecular weight excluding hydrogens is 337 g/mol. The van der Waals surface area contributed by atoms with Crippen molar-refractivity contribution in [1.29, 1.82) is 0 Å². The number of piperidine rings is 1. The van der Waals surface area contributed by atoms with Crippen LogP contribution in [0.5, 0.6) is 0 Å². The van der Waals surface area contributed by atoms with Crippen molar-refractivity contribution in [3.05, 3.63) is 41.8 Å². The Morgan fingerprint density at radius 2 is 2.13 bits per heavy atom. The first-order valence-corrected chi connectivity index (χ1v) is 7.21. The lowest BCUT2D eigenvalue weighted by molar-refractivity contribution is 0.0707. The first kappa shape index (κ1) is 19.5. The van der Waals surface area contributed by atoms with Crippen molar-refractivity contribution < 1.29 is 9.21 Å². The third-order valence-corrected chi connectivity index (χ3v) is 3.83. The molecule has 3 rings (SSSR count). The molecule has 1 atom stereocenters. The fourth-order valence-electron chi connectivity index (χ4n) is 2.71. The maximum absolute atomic E-state index is 12.6. The number of carbonyl (C=O) groups is 1. The molecule has 0 radical (unpaired) electrons. The fourth-order valence-corrected chi connectivity index (χ4v) is 2.71. The van der Waals surface area contributed by atoms with Crippen LogP contribution in [-0.2, 0) is 0 Å². The van der Waals surface area contributed by atoms with Crippen molar-refractivity contribution in [3.8, 4) is 11.5 Å². The van der Waals surface area contributed by atoms with Crippen molar-refractivity contribution >= 4 is 30.7 Å². The number of carbonyl (C=O) groups excluding carboxylic acids is 1. The Kier molecular flexibility index (Phi) is 7.06. The van der Waals surface area contributed by atoms with Gasteiger partial charge < -0.3 is 15.1 Å². The second kappa shape index (κ2) is 8.34. The third-order valence-electron chi connectivity index (χ3n) is 3.83. The summed E-state index contributed by atoms with van der Waals surface area (Å²) in [5.74, 6) is 0.721. The molecule has 0 aliphatic carbocycles. The van der Waals surface area contributed by atoms with Gasteiger partial charge in [0.15, 0.2) is 5.76 Å². The average Bonchev–Trinajstić information content (AvgIpc) is 3.00. The van der Waals surface area contributed by atoms with Crippen LogP contribution in [-0.4, -0.2) is 34.9 Å². The second-order valence-corrected chi connectivity index (χ2v) is 5.46. The van der Waals surface area contributed by atoms with Gasteiger partial charge in [0, 0.05) is 19.1 Å². The van der Waals surface area contributed by atoms with Gasteiger partial charge in [0.1, 0.15) is 5.69 Å². The van der Waals surface area contributed by atoms with Gasteiger partial charge in [0.25, 0.3) is 5.91 Å². The maximum atomic E-state index is 12.6. The van der Waals surface area contributed by atoms with E-state index in [1.54, 1.807) is 6.26 Å². The summed E-state index contributed by atoms with van der Waals surface area (Å²) in [7, 11) is 0. The molecule has 23 heavy (non-hydrogen) atoms. The Morgan fingerprint density at radius 3 is 2.74 bits per heavy atom. The molecule has 1 aliphatic rings. The van der Waals surface area contributed by atoms with E-state index in [1.807, 2.05) is 36.1 Å². The molecule has 2 aromatic rings. The van der Waals surface area contributed by atoms with Crippen LogP contribution in [0, 0.1) is 6.92 Å². The zero-order valence-electron chi connectivity index (χ0n) is 12.9. The number of amides is 1. The van der Waals surface area contributed by atoms with Gasteiger partial charge in [-0.1, -0.05) is 0 Å². The van der Waals surface area contributed by atoms with E-state index in [0.717, 1.165) is 25.1 Å². The lowest BCUT2D eigenvalue weighted by Gasteiger charge is -2.31. The van der Waals surface area contributed by atoms with Crippen LogP contribution in [0.2, 0.25) is 0 Å². The monoisotopic (exact) mass is 357 g/mol. The zero-order valence-corrected chi connectivity index (χ0v) is 14.5. The summed E-state index contributed by atoms with van der Waals surface area (Å²) in [5.41, 5.74) is 8.04. The first-order valence-electron chi connectivity index (χ1n) is 7.21. The number of aromatic nitrogens is 1. The van der Waals surface area contributed by atoms with Crippen LogP contribution in [0.4, 0.5) is 0 Å². The molecule has 1 aliphatic heterocycles. The topological polar surface area (TPSA) is 72.4 Å². The van der Waals surface area contributed by atoms with Crippen LogP contribution in [0.1, 0.15) is 28.9 Å². The summed E-state index contributed by atoms with van der Waals surface area (Å²) in [6, 6.07) is 7.40. The standard InChI is InChI=1S/C16H19N3O2.2ClH/c1-11-13(16(20)19-8-2-4-12(17)10-19)6-7-14(18-11)15-5-3-9-21-15;;/h3,5-7,9,12H,2,4,8,10,17H2,1H3;2*1H. The molecule has 7 heteroatoms. The van der Waals surface area contributed by atoms with Crippen LogP contribution < -0.4 is 5.73 Å². The Labute approximate surface area is 148 Å². The van der Waals surface area contributed by atoms with Gasteiger partial charge in [-0.2, -0.15) is 0 Å². The van der Waals surface area contributed by atoms with Crippen LogP contribution in [0.25, 0.3) is 11.5 Å². The number of hydrogen-bond acceptors (Lipinski definition) is 4. The normalized spacial score (nSPS) is 17.1. The minimum absolute atomic E-state index is 0. The van der Waals surface area contributed by atoms with Gasteiger partial charge >= 0.3 is 0 Å². The Balaban J connectivity index is 0.00000132. The van der Waals surface area contributed by atoms with Crippen molar-refractivity contribution in [2.75, 3.05) is 13.1 Å². The number of aryl methyl sites for hydroxylation is 1. The fraction of sp³-hybridized carbons (Fsp3) is 0.375. The Bertz CT molecular complexity index is 647. The highest BCUT2D eigenvalue weighted by atomic mass is 35.5. The number of furan rings is 1. The van der Waals surface area contributed by atoms with Crippen molar-refractivity contribution in [2.24, 2.45) is 5.73 Å². The second-order valence-electron chi connectivity index (χ2n) is 5.46. The van der Waals surface area contributed by atoms with Gasteiger partial charge in [-0.25, -0.2) is 4.98 Å². The van der Waals surface area contributed by atoms with E-state index >= 15 is 0 Å². The molecule has 0 aromatic carbocycles. The molecule has 0 saturated carbocycles. The minimum Gasteiger partial charge on any atom is -0.463 e. The Morgan fingerprint density at radius 1 is 1.35 bits per heavy atom. The van der Waals surface area contributed by atoms with Crippen LogP contribution in [0.3, 0.4) is 0 Å². The molecule has 1 fully saturated rings. The van der Waals surface area contributed by atoms with Gasteiger partial charge in [0.2, 0.25) is 0 Å². The number of rotatable bonds is 2. The number of nitrogens with zero attached hydrogens (tertiary/aromatic N) is 2. The Hall–Kier alpha value is -1.56. The number of hydrogen-bond donors (Lipinski definition) is 1. The van der Waals surface area contributed by atoms with E-state index in [-0.39, 0.29) is 36.8 Å². The van der Waals surface area contributed by atoms with E-state index in [4.69, 9.17) is 10.2 Å². The average molecular weight is 358 g/mol. The van der Waals surface area contributed by atoms with E-state index in [1.165, 1.54) is 0 Å². The zero-order chi connectivity index (χ0) is 14.8. The summed E-state index contributed by atoms with van der Waals surface area (Å²) in [4.78, 5) is 18.9. The molecule has 0 bridgehead atoms. The van der Waals surface area contributed by atoms with Gasteiger partial charge in [-0.15, -0.1) is 24.8 Å². The molecule has 5 nitrogen and oxygen atoms in total. The smallest absolute Gasteiger partial charge is 0.255 e. The molecule has 1 amide bonds. The van der Waals surface area contributed by atoms with Crippen LogP contribution in [0.15, 0.2) is 34.9 Å². The lowest BCUT2D eigenvalue weighted by atomic mass is 10.0. The predicted octanol–water partition coefficient (Wildman–Crippen LogP) is 3.06. The molecule has 0 spiro atoms. The summed E-state index contributed by atoms with van der Waals surface area (Å²) in [5, 5.41) is 0. The van der Waals surface area contributed by atoms with Crippen molar-refractivity contribution in [3.63, 3.8) is 0 Å². The first-order chi connectivity index (χ1) is 10.1. The number of halogens is 2. The number of likely N-dealkylation sites (tertiary alicyclic amines) is 1. The van der Waals surface area contributed by atoms with E-state index in [9.17, 15) is 4.79 Å². The van der Waals surface area contributed by atoms with Gasteiger partial charge in [-0.3, -0.25) is 4.79 Å².